The van der Waals surface area contributed by atoms with Crippen LogP contribution in [-0.4, -0.2) is 22.5 Å². The number of ether oxygens (including phenoxy) is 1. The first-order valence-corrected chi connectivity index (χ1v) is 7.97. The summed E-state index contributed by atoms with van der Waals surface area (Å²) >= 11 is 5.47. The molecule has 0 amide bonds. The third-order valence-corrected chi connectivity index (χ3v) is 3.78. The smallest absolute Gasteiger partial charge is 0.321 e. The molecule has 0 fully saturated rings. The zero-order chi connectivity index (χ0) is 16.7. The maximum atomic E-state index is 12.3. The van der Waals surface area contributed by atoms with Gasteiger partial charge in [-0.3, -0.25) is 9.78 Å². The number of esters is 1. The Morgan fingerprint density at radius 3 is 2.52 bits per heavy atom. The van der Waals surface area contributed by atoms with Crippen LogP contribution in [0.25, 0.3) is 0 Å². The number of nitrogens with zero attached hydrogens (tertiary/aromatic N) is 1. The molecule has 0 aliphatic carbocycles. The minimum absolute atomic E-state index is 0.00987. The highest BCUT2D eigenvalue weighted by Crippen LogP contribution is 2.19. The van der Waals surface area contributed by atoms with Gasteiger partial charge in [-0.15, -0.1) is 0 Å². The van der Waals surface area contributed by atoms with Gasteiger partial charge in [-0.05, 0) is 31.5 Å². The van der Waals surface area contributed by atoms with Crippen LogP contribution >= 0.6 is 12.2 Å². The highest BCUT2D eigenvalue weighted by molar-refractivity contribution is 7.80. The Labute approximate surface area is 141 Å². The molecule has 2 atom stereocenters. The minimum atomic E-state index is -0.697. The molecule has 23 heavy (non-hydrogen) atoms. The Bertz CT molecular complexity index is 647. The molecule has 0 spiro atoms. The van der Waals surface area contributed by atoms with Gasteiger partial charge in [0, 0.05) is 12.2 Å². The van der Waals surface area contributed by atoms with Crippen LogP contribution in [0.15, 0.2) is 54.7 Å². The lowest BCUT2D eigenvalue weighted by molar-refractivity contribution is -0.143. The van der Waals surface area contributed by atoms with Crippen LogP contribution in [0.2, 0.25) is 0 Å². The van der Waals surface area contributed by atoms with Crippen molar-refractivity contribution in [3.63, 3.8) is 0 Å². The maximum absolute atomic E-state index is 12.3. The fourth-order valence-corrected chi connectivity index (χ4v) is 2.65. The minimum Gasteiger partial charge on any atom is -0.465 e. The van der Waals surface area contributed by atoms with Gasteiger partial charge in [-0.2, -0.15) is 0 Å². The van der Waals surface area contributed by atoms with Crippen LogP contribution in [-0.2, 0) is 9.53 Å². The number of carbonyl (C=O) groups excluding carboxylic acids is 1. The third-order valence-electron chi connectivity index (χ3n) is 3.43. The van der Waals surface area contributed by atoms with Crippen molar-refractivity contribution < 1.29 is 9.53 Å². The lowest BCUT2D eigenvalue weighted by Gasteiger charge is -2.21. The number of rotatable bonds is 6. The molecule has 4 nitrogen and oxygen atoms in total. The highest BCUT2D eigenvalue weighted by Gasteiger charge is 2.28. The van der Waals surface area contributed by atoms with Gasteiger partial charge in [0.15, 0.2) is 0 Å². The molecule has 1 heterocycles. The van der Waals surface area contributed by atoms with Crippen LogP contribution in [0.4, 0.5) is 0 Å². The number of pyridine rings is 1. The van der Waals surface area contributed by atoms with Crippen LogP contribution in [0, 0.1) is 0 Å². The number of benzene rings is 1. The van der Waals surface area contributed by atoms with Crippen molar-refractivity contribution >= 4 is 23.2 Å². The van der Waals surface area contributed by atoms with Crippen LogP contribution in [0.3, 0.4) is 0 Å². The highest BCUT2D eigenvalue weighted by atomic mass is 32.1. The Balaban J connectivity index is 2.18. The fourth-order valence-electron chi connectivity index (χ4n) is 2.26. The number of hydrogen-bond acceptors (Lipinski definition) is 4. The number of thiocarbonyl (C=S) groups is 1. The predicted molar refractivity (Wildman–Crippen MR) is 94.2 cm³/mol. The van der Waals surface area contributed by atoms with Crippen molar-refractivity contribution in [1.82, 2.24) is 10.3 Å². The Hall–Kier alpha value is -2.27. The molecule has 0 bridgehead atoms. The SMILES string of the molecule is CCOC(=O)C(C(=S)NC(C)c1ccccc1)c1ccccn1. The first kappa shape index (κ1) is 17.1. The van der Waals surface area contributed by atoms with Gasteiger partial charge in [0.25, 0.3) is 0 Å². The van der Waals surface area contributed by atoms with Gasteiger partial charge in [0.1, 0.15) is 5.92 Å². The summed E-state index contributed by atoms with van der Waals surface area (Å²) in [5.41, 5.74) is 1.68. The summed E-state index contributed by atoms with van der Waals surface area (Å²) in [7, 11) is 0. The van der Waals surface area contributed by atoms with E-state index in [0.717, 1.165) is 5.56 Å². The summed E-state index contributed by atoms with van der Waals surface area (Å²) in [5.74, 6) is -1.08. The maximum Gasteiger partial charge on any atom is 0.321 e. The average Bonchev–Trinajstić information content (AvgIpc) is 2.57. The largest absolute Gasteiger partial charge is 0.465 e. The summed E-state index contributed by atoms with van der Waals surface area (Å²) in [5, 5.41) is 3.22. The second kappa shape index (κ2) is 8.39. The molecule has 0 aliphatic heterocycles. The van der Waals surface area contributed by atoms with E-state index in [4.69, 9.17) is 17.0 Å². The molecular formula is C18H20N2O2S. The van der Waals surface area contributed by atoms with E-state index < -0.39 is 5.92 Å². The zero-order valence-electron chi connectivity index (χ0n) is 13.2. The van der Waals surface area contributed by atoms with E-state index in [1.165, 1.54) is 0 Å². The summed E-state index contributed by atoms with van der Waals surface area (Å²) < 4.78 is 5.16. The van der Waals surface area contributed by atoms with Crippen LogP contribution in [0.5, 0.6) is 0 Å². The normalized spacial score (nSPS) is 13.0. The Kier molecular flexibility index (Phi) is 6.23. The number of hydrogen-bond donors (Lipinski definition) is 1. The monoisotopic (exact) mass is 328 g/mol. The van der Waals surface area contributed by atoms with E-state index in [2.05, 4.69) is 10.3 Å². The molecule has 2 rings (SSSR count). The molecule has 2 aromatic rings. The van der Waals surface area contributed by atoms with Crippen molar-refractivity contribution in [3.8, 4) is 0 Å². The van der Waals surface area contributed by atoms with E-state index in [0.29, 0.717) is 17.3 Å². The van der Waals surface area contributed by atoms with Crippen LogP contribution in [0.1, 0.15) is 37.1 Å². The van der Waals surface area contributed by atoms with Gasteiger partial charge in [0.05, 0.1) is 17.3 Å². The van der Waals surface area contributed by atoms with Crippen molar-refractivity contribution in [3.05, 3.63) is 66.0 Å². The number of nitrogens with one attached hydrogen (secondary N) is 1. The van der Waals surface area contributed by atoms with Gasteiger partial charge in [-0.1, -0.05) is 48.6 Å². The van der Waals surface area contributed by atoms with Crippen molar-refractivity contribution in [1.29, 1.82) is 0 Å². The number of aromatic nitrogens is 1. The molecule has 0 saturated carbocycles. The van der Waals surface area contributed by atoms with Crippen molar-refractivity contribution in [2.45, 2.75) is 25.8 Å². The van der Waals surface area contributed by atoms with E-state index in [9.17, 15) is 4.79 Å². The summed E-state index contributed by atoms with van der Waals surface area (Å²) in [6.07, 6.45) is 1.64. The van der Waals surface area contributed by atoms with E-state index in [1.807, 2.05) is 43.3 Å². The van der Waals surface area contributed by atoms with E-state index in [1.54, 1.807) is 25.3 Å². The molecule has 1 aromatic heterocycles. The topological polar surface area (TPSA) is 51.2 Å². The second-order valence-corrected chi connectivity index (χ2v) is 5.52. The number of carbonyl (C=O) groups is 1. The van der Waals surface area contributed by atoms with Crippen molar-refractivity contribution in [2.75, 3.05) is 6.61 Å². The zero-order valence-corrected chi connectivity index (χ0v) is 14.0. The first-order valence-electron chi connectivity index (χ1n) is 7.56. The first-order chi connectivity index (χ1) is 11.1. The predicted octanol–water partition coefficient (Wildman–Crippen LogP) is 3.41. The van der Waals surface area contributed by atoms with Gasteiger partial charge in [0.2, 0.25) is 0 Å². The molecule has 1 N–H and O–H groups in total. The molecule has 0 aliphatic rings. The van der Waals surface area contributed by atoms with Gasteiger partial charge in [-0.25, -0.2) is 0 Å². The molecule has 120 valence electrons. The quantitative estimate of drug-likeness (QED) is 0.650. The molecule has 0 saturated heterocycles. The third kappa shape index (κ3) is 4.60. The summed E-state index contributed by atoms with van der Waals surface area (Å²) in [6, 6.07) is 15.3. The molecule has 2 unspecified atom stereocenters. The lowest BCUT2D eigenvalue weighted by atomic mass is 10.0. The average molecular weight is 328 g/mol. The van der Waals surface area contributed by atoms with Crippen molar-refractivity contribution in [2.24, 2.45) is 0 Å². The molecule has 5 heteroatoms. The fraction of sp³-hybridized carbons (Fsp3) is 0.278. The summed E-state index contributed by atoms with van der Waals surface area (Å²) in [4.78, 5) is 17.0. The van der Waals surface area contributed by atoms with Crippen LogP contribution < -0.4 is 5.32 Å². The molecule has 1 aromatic carbocycles. The standard InChI is InChI=1S/C18H20N2O2S/c1-3-22-18(21)16(15-11-7-8-12-19-15)17(23)20-13(2)14-9-5-4-6-10-14/h4-13,16H,3H2,1-2H3,(H,20,23). The van der Waals surface area contributed by atoms with E-state index >= 15 is 0 Å². The van der Waals surface area contributed by atoms with Gasteiger partial charge >= 0.3 is 5.97 Å². The molecule has 0 radical (unpaired) electrons. The van der Waals surface area contributed by atoms with Gasteiger partial charge < -0.3 is 10.1 Å². The summed E-state index contributed by atoms with van der Waals surface area (Å²) in [6.45, 7) is 4.08. The Morgan fingerprint density at radius 2 is 1.91 bits per heavy atom. The van der Waals surface area contributed by atoms with E-state index in [-0.39, 0.29) is 12.0 Å². The lowest BCUT2D eigenvalue weighted by Crippen LogP contribution is -2.35. The second-order valence-electron chi connectivity index (χ2n) is 5.08. The Morgan fingerprint density at radius 1 is 1.22 bits per heavy atom. The molecular weight excluding hydrogens is 308 g/mol.